The van der Waals surface area contributed by atoms with Crippen molar-refractivity contribution in [2.45, 2.75) is 25.9 Å². The molecule has 0 radical (unpaired) electrons. The smallest absolute Gasteiger partial charge is 0.222 e. The van der Waals surface area contributed by atoms with Gasteiger partial charge in [-0.1, -0.05) is 0 Å². The van der Waals surface area contributed by atoms with Crippen LogP contribution in [0.5, 0.6) is 0 Å². The van der Waals surface area contributed by atoms with Gasteiger partial charge in [0.15, 0.2) is 0 Å². The number of imidazole rings is 1. The molecule has 2 aliphatic rings. The Labute approximate surface area is 101 Å². The maximum Gasteiger partial charge on any atom is 0.222 e. The van der Waals surface area contributed by atoms with Crippen molar-refractivity contribution in [2.75, 3.05) is 19.6 Å². The fourth-order valence-corrected chi connectivity index (χ4v) is 2.74. The van der Waals surface area contributed by atoms with Crippen molar-refractivity contribution in [3.63, 3.8) is 0 Å². The first kappa shape index (κ1) is 10.8. The Morgan fingerprint density at radius 3 is 3.29 bits per heavy atom. The van der Waals surface area contributed by atoms with E-state index in [2.05, 4.69) is 14.9 Å². The molecule has 92 valence electrons. The number of hydrogen-bond acceptors (Lipinski definition) is 3. The third-order valence-electron chi connectivity index (χ3n) is 3.62. The van der Waals surface area contributed by atoms with Crippen LogP contribution in [0.4, 0.5) is 0 Å². The highest BCUT2D eigenvalue weighted by Gasteiger charge is 2.25. The largest absolute Gasteiger partial charge is 0.342 e. The number of likely N-dealkylation sites (tertiary alicyclic amines) is 1. The average Bonchev–Trinajstić information content (AvgIpc) is 2.86. The molecule has 0 spiro atoms. The minimum Gasteiger partial charge on any atom is -0.342 e. The molecule has 3 rings (SSSR count). The summed E-state index contributed by atoms with van der Waals surface area (Å²) in [7, 11) is 0. The standard InChI is InChI=1S/C12H18N4O/c17-12-2-1-4-16(12)9-10-6-13-7-11-14-3-5-15(11)8-10/h3,5,10,13H,1-2,4,6-9H2/t10-/m0/s1. The molecule has 2 aliphatic heterocycles. The van der Waals surface area contributed by atoms with Gasteiger partial charge in [0.1, 0.15) is 5.82 Å². The van der Waals surface area contributed by atoms with Crippen LogP contribution in [0, 0.1) is 5.92 Å². The van der Waals surface area contributed by atoms with Crippen molar-refractivity contribution in [1.29, 1.82) is 0 Å². The Morgan fingerprint density at radius 2 is 2.47 bits per heavy atom. The molecule has 5 heteroatoms. The normalized spacial score (nSPS) is 24.8. The van der Waals surface area contributed by atoms with Crippen LogP contribution in [0.2, 0.25) is 0 Å². The average molecular weight is 234 g/mol. The van der Waals surface area contributed by atoms with Gasteiger partial charge in [-0.15, -0.1) is 0 Å². The number of rotatable bonds is 2. The van der Waals surface area contributed by atoms with Crippen molar-refractivity contribution in [3.8, 4) is 0 Å². The molecule has 0 saturated carbocycles. The summed E-state index contributed by atoms with van der Waals surface area (Å²) in [5.74, 6) is 1.91. The van der Waals surface area contributed by atoms with Crippen LogP contribution in [-0.2, 0) is 17.9 Å². The lowest BCUT2D eigenvalue weighted by Crippen LogP contribution is -2.35. The van der Waals surface area contributed by atoms with Crippen LogP contribution >= 0.6 is 0 Å². The molecule has 0 aliphatic carbocycles. The summed E-state index contributed by atoms with van der Waals surface area (Å²) in [5.41, 5.74) is 0. The van der Waals surface area contributed by atoms with Gasteiger partial charge >= 0.3 is 0 Å². The number of nitrogens with zero attached hydrogens (tertiary/aromatic N) is 3. The Hall–Kier alpha value is -1.36. The zero-order valence-corrected chi connectivity index (χ0v) is 9.93. The fourth-order valence-electron chi connectivity index (χ4n) is 2.74. The highest BCUT2D eigenvalue weighted by Crippen LogP contribution is 2.15. The third-order valence-corrected chi connectivity index (χ3v) is 3.62. The van der Waals surface area contributed by atoms with Crippen molar-refractivity contribution in [2.24, 2.45) is 5.92 Å². The molecule has 1 fully saturated rings. The van der Waals surface area contributed by atoms with Gasteiger partial charge in [0.05, 0.1) is 6.54 Å². The summed E-state index contributed by atoms with van der Waals surface area (Å²) in [6.07, 6.45) is 5.63. The van der Waals surface area contributed by atoms with E-state index in [1.807, 2.05) is 17.3 Å². The van der Waals surface area contributed by atoms with Gasteiger partial charge in [0.25, 0.3) is 0 Å². The molecule has 1 amide bonds. The minimum atomic E-state index is 0.320. The van der Waals surface area contributed by atoms with Crippen LogP contribution in [0.15, 0.2) is 12.4 Å². The molecule has 0 unspecified atom stereocenters. The van der Waals surface area contributed by atoms with Crippen LogP contribution in [0.25, 0.3) is 0 Å². The number of amides is 1. The maximum atomic E-state index is 11.6. The molecule has 0 bridgehead atoms. The van der Waals surface area contributed by atoms with Gasteiger partial charge in [-0.3, -0.25) is 4.79 Å². The van der Waals surface area contributed by atoms with E-state index in [4.69, 9.17) is 0 Å². The SMILES string of the molecule is O=C1CCCN1C[C@H]1CNCc2nccn2C1. The zero-order chi connectivity index (χ0) is 11.7. The molecule has 1 aromatic rings. The van der Waals surface area contributed by atoms with Crippen LogP contribution in [0.3, 0.4) is 0 Å². The highest BCUT2D eigenvalue weighted by molar-refractivity contribution is 5.78. The summed E-state index contributed by atoms with van der Waals surface area (Å²) < 4.78 is 2.20. The number of fused-ring (bicyclic) bond motifs is 1. The topological polar surface area (TPSA) is 50.2 Å². The quantitative estimate of drug-likeness (QED) is 0.796. The predicted octanol–water partition coefficient (Wildman–Crippen LogP) is 0.225. The first-order valence-corrected chi connectivity index (χ1v) is 6.31. The Kier molecular flexibility index (Phi) is 2.84. The Morgan fingerprint density at radius 1 is 1.53 bits per heavy atom. The monoisotopic (exact) mass is 234 g/mol. The first-order valence-electron chi connectivity index (χ1n) is 6.31. The molecular formula is C12H18N4O. The lowest BCUT2D eigenvalue weighted by atomic mass is 10.1. The van der Waals surface area contributed by atoms with E-state index in [1.54, 1.807) is 0 Å². The second-order valence-corrected chi connectivity index (χ2v) is 4.94. The number of carbonyl (C=O) groups excluding carboxylic acids is 1. The van der Waals surface area contributed by atoms with Gasteiger partial charge in [0.2, 0.25) is 5.91 Å². The number of carbonyl (C=O) groups is 1. The highest BCUT2D eigenvalue weighted by atomic mass is 16.2. The molecule has 17 heavy (non-hydrogen) atoms. The van der Waals surface area contributed by atoms with Gasteiger partial charge < -0.3 is 14.8 Å². The lowest BCUT2D eigenvalue weighted by Gasteiger charge is -2.22. The summed E-state index contributed by atoms with van der Waals surface area (Å²) in [4.78, 5) is 17.9. The van der Waals surface area contributed by atoms with E-state index in [0.29, 0.717) is 11.8 Å². The van der Waals surface area contributed by atoms with Gasteiger partial charge in [-0.25, -0.2) is 4.98 Å². The van der Waals surface area contributed by atoms with Crippen molar-refractivity contribution < 1.29 is 4.79 Å². The zero-order valence-electron chi connectivity index (χ0n) is 9.93. The fraction of sp³-hybridized carbons (Fsp3) is 0.667. The van der Waals surface area contributed by atoms with Crippen LogP contribution in [0.1, 0.15) is 18.7 Å². The molecule has 1 atom stereocenters. The van der Waals surface area contributed by atoms with Gasteiger partial charge in [-0.05, 0) is 6.42 Å². The second kappa shape index (κ2) is 4.49. The van der Waals surface area contributed by atoms with Gasteiger partial charge in [-0.2, -0.15) is 0 Å². The molecule has 5 nitrogen and oxygen atoms in total. The molecule has 1 saturated heterocycles. The molecule has 3 heterocycles. The van der Waals surface area contributed by atoms with Crippen molar-refractivity contribution in [3.05, 3.63) is 18.2 Å². The molecular weight excluding hydrogens is 216 g/mol. The van der Waals surface area contributed by atoms with E-state index in [1.165, 1.54) is 0 Å². The minimum absolute atomic E-state index is 0.320. The van der Waals surface area contributed by atoms with Crippen LogP contribution < -0.4 is 5.32 Å². The van der Waals surface area contributed by atoms with Gasteiger partial charge in [0, 0.05) is 50.9 Å². The summed E-state index contributed by atoms with van der Waals surface area (Å²) in [5, 5.41) is 3.41. The summed E-state index contributed by atoms with van der Waals surface area (Å²) in [6.45, 7) is 4.58. The maximum absolute atomic E-state index is 11.6. The van der Waals surface area contributed by atoms with E-state index < -0.39 is 0 Å². The first-order chi connectivity index (χ1) is 8.33. The molecule has 1 aromatic heterocycles. The molecule has 1 N–H and O–H groups in total. The van der Waals surface area contributed by atoms with Crippen LogP contribution in [-0.4, -0.2) is 40.0 Å². The summed E-state index contributed by atoms with van der Waals surface area (Å²) in [6, 6.07) is 0. The Balaban J connectivity index is 1.66. The predicted molar refractivity (Wildman–Crippen MR) is 63.2 cm³/mol. The number of hydrogen-bond donors (Lipinski definition) is 1. The van der Waals surface area contributed by atoms with Crippen molar-refractivity contribution >= 4 is 5.91 Å². The van der Waals surface area contributed by atoms with Crippen molar-refractivity contribution in [1.82, 2.24) is 19.8 Å². The van der Waals surface area contributed by atoms with E-state index >= 15 is 0 Å². The van der Waals surface area contributed by atoms with E-state index in [0.717, 1.165) is 51.4 Å². The summed E-state index contributed by atoms with van der Waals surface area (Å²) >= 11 is 0. The third kappa shape index (κ3) is 2.20. The Bertz CT molecular complexity index is 414. The lowest BCUT2D eigenvalue weighted by molar-refractivity contribution is -0.128. The van der Waals surface area contributed by atoms with E-state index in [-0.39, 0.29) is 0 Å². The number of nitrogens with one attached hydrogen (secondary N) is 1. The second-order valence-electron chi connectivity index (χ2n) is 4.94. The van der Waals surface area contributed by atoms with E-state index in [9.17, 15) is 4.79 Å². The molecule has 0 aromatic carbocycles. The number of aromatic nitrogens is 2.